The third-order valence-corrected chi connectivity index (χ3v) is 4.44. The zero-order chi connectivity index (χ0) is 12.7. The molecule has 0 bridgehead atoms. The highest BCUT2D eigenvalue weighted by molar-refractivity contribution is 9.10. The maximum atomic E-state index is 12.6. The fourth-order valence-electron chi connectivity index (χ4n) is 2.97. The Labute approximate surface area is 115 Å². The van der Waals surface area contributed by atoms with Gasteiger partial charge in [-0.15, -0.1) is 0 Å². The SMILES string of the molecule is Cn1cc(C(=O)C2CCCC2)c2cc(Br)ccc21. The van der Waals surface area contributed by atoms with Crippen molar-refractivity contribution in [1.82, 2.24) is 4.57 Å². The summed E-state index contributed by atoms with van der Waals surface area (Å²) < 4.78 is 3.07. The van der Waals surface area contributed by atoms with Crippen LogP contribution in [-0.4, -0.2) is 10.4 Å². The lowest BCUT2D eigenvalue weighted by Gasteiger charge is -2.06. The number of rotatable bonds is 2. The molecule has 1 heterocycles. The molecule has 1 aliphatic rings. The van der Waals surface area contributed by atoms with Crippen LogP contribution in [0.1, 0.15) is 36.0 Å². The second kappa shape index (κ2) is 4.54. The van der Waals surface area contributed by atoms with Crippen LogP contribution in [0.5, 0.6) is 0 Å². The maximum Gasteiger partial charge on any atom is 0.168 e. The van der Waals surface area contributed by atoms with E-state index in [0.717, 1.165) is 33.8 Å². The molecular formula is C15H16BrNO. The monoisotopic (exact) mass is 305 g/mol. The van der Waals surface area contributed by atoms with E-state index < -0.39 is 0 Å². The van der Waals surface area contributed by atoms with E-state index in [0.29, 0.717) is 5.78 Å². The number of hydrogen-bond donors (Lipinski definition) is 0. The molecule has 1 saturated carbocycles. The number of carbonyl (C=O) groups excluding carboxylic acids is 1. The fraction of sp³-hybridized carbons (Fsp3) is 0.400. The summed E-state index contributed by atoms with van der Waals surface area (Å²) >= 11 is 3.49. The minimum atomic E-state index is 0.245. The third kappa shape index (κ3) is 1.91. The normalized spacial score (nSPS) is 16.6. The fourth-order valence-corrected chi connectivity index (χ4v) is 3.33. The van der Waals surface area contributed by atoms with Crippen molar-refractivity contribution in [2.75, 3.05) is 0 Å². The molecule has 0 atom stereocenters. The molecule has 3 rings (SSSR count). The Balaban J connectivity index is 2.10. The molecule has 0 amide bonds. The molecule has 0 unspecified atom stereocenters. The van der Waals surface area contributed by atoms with Crippen LogP contribution in [0.15, 0.2) is 28.9 Å². The molecule has 0 aliphatic heterocycles. The van der Waals surface area contributed by atoms with Gasteiger partial charge in [-0.2, -0.15) is 0 Å². The van der Waals surface area contributed by atoms with Gasteiger partial charge in [-0.3, -0.25) is 4.79 Å². The van der Waals surface area contributed by atoms with E-state index in [-0.39, 0.29) is 5.92 Å². The number of halogens is 1. The molecule has 0 saturated heterocycles. The molecule has 2 aromatic rings. The van der Waals surface area contributed by atoms with Gasteiger partial charge < -0.3 is 4.57 Å². The number of Topliss-reactive ketones (excluding diaryl/α,β-unsaturated/α-hetero) is 1. The third-order valence-electron chi connectivity index (χ3n) is 3.94. The molecule has 3 heteroatoms. The molecule has 94 valence electrons. The van der Waals surface area contributed by atoms with Gasteiger partial charge in [-0.05, 0) is 31.0 Å². The first-order valence-electron chi connectivity index (χ1n) is 6.45. The van der Waals surface area contributed by atoms with Gasteiger partial charge in [0, 0.05) is 40.1 Å². The van der Waals surface area contributed by atoms with E-state index in [1.165, 1.54) is 12.8 Å². The summed E-state index contributed by atoms with van der Waals surface area (Å²) in [4.78, 5) is 12.6. The lowest BCUT2D eigenvalue weighted by molar-refractivity contribution is 0.0924. The van der Waals surface area contributed by atoms with E-state index >= 15 is 0 Å². The second-order valence-electron chi connectivity index (χ2n) is 5.16. The van der Waals surface area contributed by atoms with E-state index in [4.69, 9.17) is 0 Å². The molecule has 1 aromatic carbocycles. The number of nitrogens with zero attached hydrogens (tertiary/aromatic N) is 1. The summed E-state index contributed by atoms with van der Waals surface area (Å²) in [6, 6.07) is 6.13. The lowest BCUT2D eigenvalue weighted by atomic mass is 9.96. The van der Waals surface area contributed by atoms with Gasteiger partial charge in [0.25, 0.3) is 0 Å². The molecule has 2 nitrogen and oxygen atoms in total. The number of hydrogen-bond acceptors (Lipinski definition) is 1. The van der Waals surface area contributed by atoms with Crippen LogP contribution in [0.2, 0.25) is 0 Å². The summed E-state index contributed by atoms with van der Waals surface area (Å²) in [5.41, 5.74) is 2.01. The van der Waals surface area contributed by atoms with E-state index in [9.17, 15) is 4.79 Å². The molecule has 0 spiro atoms. The summed E-state index contributed by atoms with van der Waals surface area (Å²) in [6.07, 6.45) is 6.50. The molecular weight excluding hydrogens is 290 g/mol. The summed E-state index contributed by atoms with van der Waals surface area (Å²) in [7, 11) is 2.00. The van der Waals surface area contributed by atoms with Gasteiger partial charge in [-0.25, -0.2) is 0 Å². The Hall–Kier alpha value is -1.09. The topological polar surface area (TPSA) is 22.0 Å². The van der Waals surface area contributed by atoms with Crippen LogP contribution in [0.4, 0.5) is 0 Å². The van der Waals surface area contributed by atoms with Crippen molar-refractivity contribution in [1.29, 1.82) is 0 Å². The van der Waals surface area contributed by atoms with Gasteiger partial charge in [0.15, 0.2) is 5.78 Å². The predicted octanol–water partition coefficient (Wildman–Crippen LogP) is 4.31. The molecule has 0 radical (unpaired) electrons. The minimum absolute atomic E-state index is 0.245. The van der Waals surface area contributed by atoms with E-state index in [2.05, 4.69) is 28.1 Å². The summed E-state index contributed by atoms with van der Waals surface area (Å²) in [5, 5.41) is 1.07. The Kier molecular flexibility index (Phi) is 3.02. The van der Waals surface area contributed by atoms with Crippen LogP contribution >= 0.6 is 15.9 Å². The van der Waals surface area contributed by atoms with Gasteiger partial charge in [0.1, 0.15) is 0 Å². The quantitative estimate of drug-likeness (QED) is 0.758. The highest BCUT2D eigenvalue weighted by atomic mass is 79.9. The van der Waals surface area contributed by atoms with Crippen molar-refractivity contribution in [3.63, 3.8) is 0 Å². The summed E-state index contributed by atoms with van der Waals surface area (Å²) in [6.45, 7) is 0. The van der Waals surface area contributed by atoms with Gasteiger partial charge >= 0.3 is 0 Å². The van der Waals surface area contributed by atoms with Crippen molar-refractivity contribution >= 4 is 32.6 Å². The van der Waals surface area contributed by atoms with Crippen LogP contribution < -0.4 is 0 Å². The van der Waals surface area contributed by atoms with E-state index in [1.807, 2.05) is 23.9 Å². The maximum absolute atomic E-state index is 12.6. The predicted molar refractivity (Wildman–Crippen MR) is 76.9 cm³/mol. The molecule has 1 aliphatic carbocycles. The van der Waals surface area contributed by atoms with Crippen molar-refractivity contribution in [3.05, 3.63) is 34.4 Å². The molecule has 1 fully saturated rings. The number of ketones is 1. The highest BCUT2D eigenvalue weighted by Crippen LogP contribution is 2.32. The van der Waals surface area contributed by atoms with Crippen molar-refractivity contribution < 1.29 is 4.79 Å². The number of aromatic nitrogens is 1. The zero-order valence-electron chi connectivity index (χ0n) is 10.4. The number of carbonyl (C=O) groups is 1. The smallest absolute Gasteiger partial charge is 0.168 e. The van der Waals surface area contributed by atoms with Crippen LogP contribution in [-0.2, 0) is 7.05 Å². The van der Waals surface area contributed by atoms with E-state index in [1.54, 1.807) is 0 Å². The summed E-state index contributed by atoms with van der Waals surface area (Å²) in [5.74, 6) is 0.575. The molecule has 0 N–H and O–H groups in total. The first-order chi connectivity index (χ1) is 8.66. The van der Waals surface area contributed by atoms with Crippen molar-refractivity contribution in [2.24, 2.45) is 13.0 Å². The average molecular weight is 306 g/mol. The Morgan fingerprint density at radius 3 is 2.78 bits per heavy atom. The van der Waals surface area contributed by atoms with Gasteiger partial charge in [0.2, 0.25) is 0 Å². The zero-order valence-corrected chi connectivity index (χ0v) is 12.0. The van der Waals surface area contributed by atoms with Gasteiger partial charge in [-0.1, -0.05) is 28.8 Å². The molecule has 1 aromatic heterocycles. The number of benzene rings is 1. The van der Waals surface area contributed by atoms with Crippen molar-refractivity contribution in [3.8, 4) is 0 Å². The van der Waals surface area contributed by atoms with Gasteiger partial charge in [0.05, 0.1) is 0 Å². The average Bonchev–Trinajstić information content (AvgIpc) is 2.97. The van der Waals surface area contributed by atoms with Crippen molar-refractivity contribution in [2.45, 2.75) is 25.7 Å². The highest BCUT2D eigenvalue weighted by Gasteiger charge is 2.26. The standard InChI is InChI=1S/C15H16BrNO/c1-17-9-13(15(18)10-4-2-3-5-10)12-8-11(16)6-7-14(12)17/h6-10H,2-5H2,1H3. The lowest BCUT2D eigenvalue weighted by Crippen LogP contribution is -2.10. The number of fused-ring (bicyclic) bond motifs is 1. The van der Waals surface area contributed by atoms with Crippen LogP contribution in [0.25, 0.3) is 10.9 Å². The van der Waals surface area contributed by atoms with Crippen LogP contribution in [0.3, 0.4) is 0 Å². The second-order valence-corrected chi connectivity index (χ2v) is 6.08. The Morgan fingerprint density at radius 2 is 2.06 bits per heavy atom. The minimum Gasteiger partial charge on any atom is -0.350 e. The number of aryl methyl sites for hydroxylation is 1. The Bertz CT molecular complexity index is 608. The largest absolute Gasteiger partial charge is 0.350 e. The van der Waals surface area contributed by atoms with Crippen LogP contribution in [0, 0.1) is 5.92 Å². The first-order valence-corrected chi connectivity index (χ1v) is 7.25. The molecule has 18 heavy (non-hydrogen) atoms. The Morgan fingerprint density at radius 1 is 1.33 bits per heavy atom. The first kappa shape index (κ1) is 12.0.